The minimum Gasteiger partial charge on any atom is -0.463 e. The van der Waals surface area contributed by atoms with Crippen molar-refractivity contribution in [3.63, 3.8) is 0 Å². The maximum absolute atomic E-state index is 12.5. The van der Waals surface area contributed by atoms with E-state index in [1.807, 2.05) is 20.8 Å². The van der Waals surface area contributed by atoms with Crippen LogP contribution in [0.2, 0.25) is 0 Å². The molecule has 0 aromatic heterocycles. The molecular weight excluding hydrogens is 552 g/mol. The van der Waals surface area contributed by atoms with Crippen LogP contribution in [-0.4, -0.2) is 134 Å². The molecular formula is C26H40O15. The van der Waals surface area contributed by atoms with E-state index < -0.39 is 106 Å². The number of hydrogen-bond acceptors (Lipinski definition) is 15. The highest BCUT2D eigenvalue weighted by atomic mass is 16.7. The Balaban J connectivity index is 1.56. The standard InChI is InChI=1S/C26H40O15/c1-10-11(2)26(3,4)7-12(17(10)30)38-16(29)6-5-15(28)37-9-14-23(20(33)21(34)24(36)39-14)41-25-22(35)19(32)18(31)13(8-27)40-25/h12-14,18-25,27,31-36H,5-9H2,1-4H3. The Hall–Kier alpha value is -2.05. The van der Waals surface area contributed by atoms with E-state index in [2.05, 4.69) is 0 Å². The zero-order chi connectivity index (χ0) is 30.8. The number of carbonyl (C=O) groups is 3. The minimum absolute atomic E-state index is 0.294. The van der Waals surface area contributed by atoms with Gasteiger partial charge in [-0.3, -0.25) is 14.4 Å². The summed E-state index contributed by atoms with van der Waals surface area (Å²) >= 11 is 0. The number of ether oxygens (including phenoxy) is 5. The Morgan fingerprint density at radius 3 is 2.15 bits per heavy atom. The van der Waals surface area contributed by atoms with E-state index >= 15 is 0 Å². The van der Waals surface area contributed by atoms with Crippen LogP contribution in [0.25, 0.3) is 0 Å². The summed E-state index contributed by atoms with van der Waals surface area (Å²) in [4.78, 5) is 37.3. The molecule has 15 nitrogen and oxygen atoms in total. The average molecular weight is 593 g/mol. The quantitative estimate of drug-likeness (QED) is 0.134. The molecule has 0 radical (unpaired) electrons. The normalized spacial score (nSPS) is 39.4. The van der Waals surface area contributed by atoms with Crippen LogP contribution in [0, 0.1) is 5.41 Å². The number of hydrogen-bond donors (Lipinski definition) is 7. The number of Topliss-reactive ketones (excluding diaryl/α,β-unsaturated/α-hetero) is 1. The third kappa shape index (κ3) is 7.48. The number of aliphatic hydroxyl groups is 7. The topological polar surface area (TPSA) is 239 Å². The van der Waals surface area contributed by atoms with Gasteiger partial charge in [0.05, 0.1) is 19.4 Å². The number of allylic oxidation sites excluding steroid dienone is 1. The van der Waals surface area contributed by atoms with E-state index in [9.17, 15) is 50.1 Å². The van der Waals surface area contributed by atoms with Gasteiger partial charge in [0.1, 0.15) is 55.4 Å². The molecule has 0 aromatic carbocycles. The van der Waals surface area contributed by atoms with Gasteiger partial charge in [-0.1, -0.05) is 19.4 Å². The fraction of sp³-hybridized carbons (Fsp3) is 0.808. The highest BCUT2D eigenvalue weighted by Gasteiger charge is 2.50. The summed E-state index contributed by atoms with van der Waals surface area (Å²) in [6.45, 7) is 6.01. The fourth-order valence-electron chi connectivity index (χ4n) is 4.96. The Kier molecular flexibility index (Phi) is 11.0. The van der Waals surface area contributed by atoms with Crippen LogP contribution in [0.15, 0.2) is 11.1 Å². The van der Waals surface area contributed by atoms with Crippen LogP contribution in [0.5, 0.6) is 0 Å². The van der Waals surface area contributed by atoms with Crippen LogP contribution in [0.4, 0.5) is 0 Å². The van der Waals surface area contributed by atoms with Crippen molar-refractivity contribution in [3.05, 3.63) is 11.1 Å². The summed E-state index contributed by atoms with van der Waals surface area (Å²) in [6.07, 6.45) is -18.5. The van der Waals surface area contributed by atoms with Crippen molar-refractivity contribution in [2.75, 3.05) is 13.2 Å². The van der Waals surface area contributed by atoms with E-state index in [4.69, 9.17) is 23.7 Å². The Labute approximate surface area is 236 Å². The van der Waals surface area contributed by atoms with Gasteiger partial charge in [-0.25, -0.2) is 0 Å². The van der Waals surface area contributed by atoms with Crippen molar-refractivity contribution in [2.45, 2.75) is 114 Å². The van der Waals surface area contributed by atoms with Gasteiger partial charge in [-0.15, -0.1) is 0 Å². The average Bonchev–Trinajstić information content (AvgIpc) is 2.92. The molecule has 15 heteroatoms. The van der Waals surface area contributed by atoms with Crippen molar-refractivity contribution in [1.82, 2.24) is 0 Å². The van der Waals surface area contributed by atoms with E-state index in [1.165, 1.54) is 0 Å². The lowest BCUT2D eigenvalue weighted by Crippen LogP contribution is -2.64. The first-order valence-electron chi connectivity index (χ1n) is 13.3. The van der Waals surface area contributed by atoms with Crippen LogP contribution in [0.1, 0.15) is 47.0 Å². The predicted molar refractivity (Wildman–Crippen MR) is 133 cm³/mol. The Morgan fingerprint density at radius 1 is 0.878 bits per heavy atom. The molecule has 0 amide bonds. The zero-order valence-corrected chi connectivity index (χ0v) is 23.3. The molecule has 2 saturated heterocycles. The molecule has 11 atom stereocenters. The van der Waals surface area contributed by atoms with Gasteiger partial charge < -0.3 is 59.4 Å². The number of ketones is 1. The SMILES string of the molecule is CC1=C(C)C(C)(C)CC(OC(=O)CCC(=O)OCC2OC(O)C(O)C(O)C2OC2OC(CO)C(O)C(O)C2O)C1=O. The maximum Gasteiger partial charge on any atom is 0.307 e. The Morgan fingerprint density at radius 2 is 1.51 bits per heavy atom. The molecule has 41 heavy (non-hydrogen) atoms. The van der Waals surface area contributed by atoms with Crippen molar-refractivity contribution in [2.24, 2.45) is 5.41 Å². The second-order valence-corrected chi connectivity index (χ2v) is 11.2. The number of carbonyl (C=O) groups excluding carboxylic acids is 3. The number of aliphatic hydroxyl groups excluding tert-OH is 7. The first kappa shape index (κ1) is 33.5. The van der Waals surface area contributed by atoms with E-state index in [1.54, 1.807) is 6.92 Å². The van der Waals surface area contributed by atoms with Gasteiger partial charge >= 0.3 is 11.9 Å². The van der Waals surface area contributed by atoms with Gasteiger partial charge in [0, 0.05) is 6.42 Å². The first-order valence-corrected chi connectivity index (χ1v) is 13.3. The second kappa shape index (κ2) is 13.5. The molecule has 0 aromatic rings. The van der Waals surface area contributed by atoms with Crippen molar-refractivity contribution in [3.8, 4) is 0 Å². The number of esters is 2. The lowest BCUT2D eigenvalue weighted by molar-refractivity contribution is -0.355. The van der Waals surface area contributed by atoms with Crippen molar-refractivity contribution >= 4 is 17.7 Å². The highest BCUT2D eigenvalue weighted by Crippen LogP contribution is 2.39. The summed E-state index contributed by atoms with van der Waals surface area (Å²) < 4.78 is 26.4. The number of rotatable bonds is 9. The summed E-state index contributed by atoms with van der Waals surface area (Å²) in [5, 5.41) is 70.0. The summed E-state index contributed by atoms with van der Waals surface area (Å²) in [5.41, 5.74) is 1.10. The predicted octanol–water partition coefficient (Wildman–Crippen LogP) is -2.82. The van der Waals surface area contributed by atoms with Gasteiger partial charge in [0.2, 0.25) is 0 Å². The zero-order valence-electron chi connectivity index (χ0n) is 23.3. The molecule has 0 saturated carbocycles. The summed E-state index contributed by atoms with van der Waals surface area (Å²) in [6, 6.07) is 0. The van der Waals surface area contributed by atoms with E-state index in [0.29, 0.717) is 12.0 Å². The van der Waals surface area contributed by atoms with Gasteiger partial charge in [0.25, 0.3) is 0 Å². The van der Waals surface area contributed by atoms with Gasteiger partial charge in [-0.2, -0.15) is 0 Å². The molecule has 7 N–H and O–H groups in total. The van der Waals surface area contributed by atoms with Crippen molar-refractivity contribution in [1.29, 1.82) is 0 Å². The maximum atomic E-state index is 12.5. The monoisotopic (exact) mass is 592 g/mol. The summed E-state index contributed by atoms with van der Waals surface area (Å²) in [5.74, 6) is -1.97. The van der Waals surface area contributed by atoms with Gasteiger partial charge in [-0.05, 0) is 24.8 Å². The molecule has 2 heterocycles. The third-order valence-electron chi connectivity index (χ3n) is 7.95. The third-order valence-corrected chi connectivity index (χ3v) is 7.95. The van der Waals surface area contributed by atoms with Crippen LogP contribution in [0.3, 0.4) is 0 Å². The first-order chi connectivity index (χ1) is 19.1. The molecule has 3 aliphatic rings. The molecule has 0 bridgehead atoms. The van der Waals surface area contributed by atoms with E-state index in [-0.39, 0.29) is 11.2 Å². The molecule has 3 rings (SSSR count). The fourth-order valence-corrected chi connectivity index (χ4v) is 4.96. The lowest BCUT2D eigenvalue weighted by Gasteiger charge is -2.45. The molecule has 0 spiro atoms. The Bertz CT molecular complexity index is 993. The second-order valence-electron chi connectivity index (χ2n) is 11.2. The summed E-state index contributed by atoms with van der Waals surface area (Å²) in [7, 11) is 0. The van der Waals surface area contributed by atoms with Crippen LogP contribution < -0.4 is 0 Å². The van der Waals surface area contributed by atoms with Crippen molar-refractivity contribution < 1.29 is 73.8 Å². The molecule has 2 aliphatic heterocycles. The molecule has 11 unspecified atom stereocenters. The highest BCUT2D eigenvalue weighted by molar-refractivity contribution is 6.01. The van der Waals surface area contributed by atoms with Crippen LogP contribution >= 0.6 is 0 Å². The minimum atomic E-state index is -1.91. The van der Waals surface area contributed by atoms with E-state index in [0.717, 1.165) is 5.57 Å². The lowest BCUT2D eigenvalue weighted by atomic mass is 9.72. The molecule has 234 valence electrons. The largest absolute Gasteiger partial charge is 0.463 e. The smallest absolute Gasteiger partial charge is 0.307 e. The van der Waals surface area contributed by atoms with Gasteiger partial charge in [0.15, 0.2) is 24.5 Å². The van der Waals surface area contributed by atoms with Crippen LogP contribution in [-0.2, 0) is 38.1 Å². The molecule has 2 fully saturated rings. The molecule has 1 aliphatic carbocycles.